The zero-order valence-corrected chi connectivity index (χ0v) is 18.3. The van der Waals surface area contributed by atoms with Crippen molar-refractivity contribution in [1.29, 1.82) is 0 Å². The molecule has 1 aliphatic rings. The highest BCUT2D eigenvalue weighted by molar-refractivity contribution is 5.90. The molecule has 3 amide bonds. The molecular weight excluding hydrogens is 398 g/mol. The largest absolute Gasteiger partial charge is 0.349 e. The number of nitrogens with zero attached hydrogens (tertiary/aromatic N) is 1. The molecule has 0 radical (unpaired) electrons. The van der Waals surface area contributed by atoms with Gasteiger partial charge >= 0.3 is 6.03 Å². The Bertz CT molecular complexity index is 1040. The molecular formula is C27H29N3O2. The third-order valence-corrected chi connectivity index (χ3v) is 5.98. The fourth-order valence-corrected chi connectivity index (χ4v) is 4.11. The summed E-state index contributed by atoms with van der Waals surface area (Å²) in [6, 6.07) is 27.7. The van der Waals surface area contributed by atoms with E-state index in [1.807, 2.05) is 55.5 Å². The molecule has 1 fully saturated rings. The van der Waals surface area contributed by atoms with E-state index >= 15 is 0 Å². The summed E-state index contributed by atoms with van der Waals surface area (Å²) < 4.78 is 0. The van der Waals surface area contributed by atoms with E-state index in [9.17, 15) is 9.59 Å². The fourth-order valence-electron chi connectivity index (χ4n) is 4.11. The molecule has 32 heavy (non-hydrogen) atoms. The van der Waals surface area contributed by atoms with Crippen LogP contribution in [0.1, 0.15) is 31.4 Å². The Balaban J connectivity index is 1.33. The number of benzene rings is 3. The van der Waals surface area contributed by atoms with Crippen LogP contribution in [0.2, 0.25) is 0 Å². The van der Waals surface area contributed by atoms with E-state index in [1.165, 1.54) is 5.56 Å². The Kier molecular flexibility index (Phi) is 6.85. The van der Waals surface area contributed by atoms with Crippen LogP contribution in [0, 0.1) is 5.92 Å². The van der Waals surface area contributed by atoms with Crippen molar-refractivity contribution in [3.63, 3.8) is 0 Å². The van der Waals surface area contributed by atoms with Gasteiger partial charge in [-0.15, -0.1) is 0 Å². The van der Waals surface area contributed by atoms with Crippen molar-refractivity contribution in [3.8, 4) is 11.1 Å². The van der Waals surface area contributed by atoms with E-state index in [-0.39, 0.29) is 23.9 Å². The third kappa shape index (κ3) is 5.35. The highest BCUT2D eigenvalue weighted by Crippen LogP contribution is 2.23. The summed E-state index contributed by atoms with van der Waals surface area (Å²) in [7, 11) is 0. The van der Waals surface area contributed by atoms with E-state index in [0.717, 1.165) is 29.7 Å². The Hall–Kier alpha value is -3.60. The summed E-state index contributed by atoms with van der Waals surface area (Å²) in [4.78, 5) is 27.3. The van der Waals surface area contributed by atoms with Crippen LogP contribution in [0.4, 0.5) is 10.5 Å². The molecule has 4 rings (SSSR count). The molecule has 0 aliphatic carbocycles. The van der Waals surface area contributed by atoms with Gasteiger partial charge in [0.05, 0.1) is 12.0 Å². The molecule has 2 unspecified atom stereocenters. The average Bonchev–Trinajstić information content (AvgIpc) is 2.85. The molecule has 0 aromatic heterocycles. The van der Waals surface area contributed by atoms with Crippen molar-refractivity contribution < 1.29 is 9.59 Å². The Morgan fingerprint density at radius 3 is 2.19 bits per heavy atom. The van der Waals surface area contributed by atoms with Crippen LogP contribution in [-0.4, -0.2) is 29.9 Å². The van der Waals surface area contributed by atoms with Gasteiger partial charge in [0.2, 0.25) is 5.91 Å². The lowest BCUT2D eigenvalue weighted by atomic mass is 9.96. The topological polar surface area (TPSA) is 61.4 Å². The number of anilines is 1. The normalized spacial score (nSPS) is 16.8. The van der Waals surface area contributed by atoms with Gasteiger partial charge in [0.15, 0.2) is 0 Å². The highest BCUT2D eigenvalue weighted by atomic mass is 16.2. The predicted octanol–water partition coefficient (Wildman–Crippen LogP) is 5.47. The van der Waals surface area contributed by atoms with Crippen LogP contribution in [0.25, 0.3) is 11.1 Å². The van der Waals surface area contributed by atoms with E-state index in [4.69, 9.17) is 0 Å². The lowest BCUT2D eigenvalue weighted by molar-refractivity contribution is -0.126. The molecule has 2 N–H and O–H groups in total. The maximum atomic E-state index is 12.9. The van der Waals surface area contributed by atoms with Crippen LogP contribution in [0.5, 0.6) is 0 Å². The molecule has 1 saturated heterocycles. The molecule has 3 aromatic rings. The molecule has 2 atom stereocenters. The van der Waals surface area contributed by atoms with Gasteiger partial charge in [0.1, 0.15) is 0 Å². The number of para-hydroxylation sites is 1. The molecule has 5 heteroatoms. The first-order valence-electron chi connectivity index (χ1n) is 11.2. The number of urea groups is 1. The summed E-state index contributed by atoms with van der Waals surface area (Å²) in [5.74, 6) is -0.196. The van der Waals surface area contributed by atoms with Gasteiger partial charge in [0, 0.05) is 18.8 Å². The second-order valence-corrected chi connectivity index (χ2v) is 8.30. The van der Waals surface area contributed by atoms with Crippen LogP contribution < -0.4 is 10.6 Å². The lowest BCUT2D eigenvalue weighted by Gasteiger charge is -2.32. The van der Waals surface area contributed by atoms with Gasteiger partial charge in [-0.05, 0) is 48.6 Å². The first-order chi connectivity index (χ1) is 15.6. The average molecular weight is 428 g/mol. The molecule has 5 nitrogen and oxygen atoms in total. The minimum Gasteiger partial charge on any atom is -0.349 e. The van der Waals surface area contributed by atoms with Gasteiger partial charge in [0.25, 0.3) is 0 Å². The van der Waals surface area contributed by atoms with E-state index in [1.54, 1.807) is 4.90 Å². The quantitative estimate of drug-likeness (QED) is 0.567. The summed E-state index contributed by atoms with van der Waals surface area (Å²) in [6.07, 6.45) is 1.61. The standard InChI is InChI=1S/C27H29N3O2/c1-20(21-14-16-23(17-15-21)22-9-4-2-5-10-22)28-26(31)24-11-8-18-30(19-24)27(32)29-25-12-6-3-7-13-25/h2-7,9-10,12-17,20,24H,8,11,18-19H2,1H3,(H,28,31)(H,29,32). The molecule has 0 bridgehead atoms. The van der Waals surface area contributed by atoms with Gasteiger partial charge in [-0.25, -0.2) is 4.79 Å². The van der Waals surface area contributed by atoms with Crippen molar-refractivity contribution in [2.45, 2.75) is 25.8 Å². The zero-order chi connectivity index (χ0) is 22.3. The van der Waals surface area contributed by atoms with Gasteiger partial charge < -0.3 is 15.5 Å². The van der Waals surface area contributed by atoms with E-state index in [2.05, 4.69) is 47.0 Å². The van der Waals surface area contributed by atoms with Crippen molar-refractivity contribution in [2.75, 3.05) is 18.4 Å². The number of likely N-dealkylation sites (tertiary alicyclic amines) is 1. The minimum absolute atomic E-state index is 0.00171. The molecule has 164 valence electrons. The maximum absolute atomic E-state index is 12.9. The summed E-state index contributed by atoms with van der Waals surface area (Å²) in [5, 5.41) is 6.05. The molecule has 1 heterocycles. The number of carbonyl (C=O) groups is 2. The molecule has 3 aromatic carbocycles. The Morgan fingerprint density at radius 1 is 0.875 bits per heavy atom. The molecule has 0 saturated carbocycles. The van der Waals surface area contributed by atoms with Crippen molar-refractivity contribution in [2.24, 2.45) is 5.92 Å². The first kappa shape index (κ1) is 21.6. The van der Waals surface area contributed by atoms with Crippen LogP contribution in [0.15, 0.2) is 84.9 Å². The van der Waals surface area contributed by atoms with Crippen molar-refractivity contribution in [3.05, 3.63) is 90.5 Å². The van der Waals surface area contributed by atoms with Crippen LogP contribution in [-0.2, 0) is 4.79 Å². The zero-order valence-electron chi connectivity index (χ0n) is 18.3. The van der Waals surface area contributed by atoms with Gasteiger partial charge in [-0.1, -0.05) is 72.8 Å². The molecule has 0 spiro atoms. The second-order valence-electron chi connectivity index (χ2n) is 8.30. The number of amides is 3. The number of carbonyl (C=O) groups excluding carboxylic acids is 2. The molecule has 1 aliphatic heterocycles. The number of piperidine rings is 1. The Labute approximate surface area is 189 Å². The van der Waals surface area contributed by atoms with Crippen LogP contribution in [0.3, 0.4) is 0 Å². The van der Waals surface area contributed by atoms with E-state index in [0.29, 0.717) is 13.1 Å². The summed E-state index contributed by atoms with van der Waals surface area (Å²) in [5.41, 5.74) is 4.15. The summed E-state index contributed by atoms with van der Waals surface area (Å²) >= 11 is 0. The van der Waals surface area contributed by atoms with E-state index < -0.39 is 0 Å². The fraction of sp³-hybridized carbons (Fsp3) is 0.259. The number of hydrogen-bond acceptors (Lipinski definition) is 2. The monoisotopic (exact) mass is 427 g/mol. The smallest absolute Gasteiger partial charge is 0.321 e. The number of rotatable bonds is 5. The van der Waals surface area contributed by atoms with Crippen molar-refractivity contribution >= 4 is 17.6 Å². The highest BCUT2D eigenvalue weighted by Gasteiger charge is 2.29. The predicted molar refractivity (Wildman–Crippen MR) is 128 cm³/mol. The minimum atomic E-state index is -0.198. The maximum Gasteiger partial charge on any atom is 0.321 e. The second kappa shape index (κ2) is 10.1. The number of nitrogens with one attached hydrogen (secondary N) is 2. The lowest BCUT2D eigenvalue weighted by Crippen LogP contribution is -2.47. The third-order valence-electron chi connectivity index (χ3n) is 5.98. The van der Waals surface area contributed by atoms with Crippen LogP contribution >= 0.6 is 0 Å². The van der Waals surface area contributed by atoms with Gasteiger partial charge in [-0.2, -0.15) is 0 Å². The SMILES string of the molecule is CC(NC(=O)C1CCCN(C(=O)Nc2ccccc2)C1)c1ccc(-c2ccccc2)cc1. The van der Waals surface area contributed by atoms with Gasteiger partial charge in [-0.3, -0.25) is 4.79 Å². The van der Waals surface area contributed by atoms with Crippen molar-refractivity contribution in [1.82, 2.24) is 10.2 Å². The Morgan fingerprint density at radius 2 is 1.50 bits per heavy atom. The first-order valence-corrected chi connectivity index (χ1v) is 11.2. The summed E-state index contributed by atoms with van der Waals surface area (Å²) in [6.45, 7) is 3.10. The number of hydrogen-bond donors (Lipinski definition) is 2.